The predicted molar refractivity (Wildman–Crippen MR) is 123 cm³/mol. The average Bonchev–Trinajstić information content (AvgIpc) is 2.81. The fourth-order valence-corrected chi connectivity index (χ4v) is 6.50. The Morgan fingerprint density at radius 3 is 1.77 bits per heavy atom. The zero-order valence-corrected chi connectivity index (χ0v) is 18.2. The van der Waals surface area contributed by atoms with Crippen molar-refractivity contribution in [3.05, 3.63) is 126 Å². The number of carbonyl (C=O) groups is 1. The Morgan fingerprint density at radius 2 is 1.23 bits per heavy atom. The molecule has 0 aromatic heterocycles. The summed E-state index contributed by atoms with van der Waals surface area (Å²) in [5, 5.41) is 0. The Hall–Kier alpha value is -3.37. The smallest absolute Gasteiger partial charge is 0.349 e. The third-order valence-electron chi connectivity index (χ3n) is 5.12. The van der Waals surface area contributed by atoms with Crippen molar-refractivity contribution >= 4 is 16.3 Å². The normalized spacial score (nSPS) is 11.7. The van der Waals surface area contributed by atoms with Crippen LogP contribution in [0.25, 0.3) is 0 Å². The Kier molecular flexibility index (Phi) is 5.92. The molecule has 4 aromatic rings. The van der Waals surface area contributed by atoms with Crippen LogP contribution in [0.3, 0.4) is 0 Å². The highest BCUT2D eigenvalue weighted by Crippen LogP contribution is 2.69. The number of hydrogen-bond acceptors (Lipinski definition) is 2. The molecule has 2 nitrogen and oxygen atoms in total. The van der Waals surface area contributed by atoms with Crippen LogP contribution in [0.1, 0.15) is 21.5 Å². The van der Waals surface area contributed by atoms with Gasteiger partial charge in [-0.1, -0.05) is 60.2 Å². The summed E-state index contributed by atoms with van der Waals surface area (Å²) in [6, 6.07) is 31.8. The molecule has 4 rings (SSSR count). The SMILES string of the molecule is Cc1ccc(S(OC(=O)c2cc(F)ccc2C)(c2ccccc2)c2ccccc2)cc1. The van der Waals surface area contributed by atoms with Gasteiger partial charge in [0.05, 0.1) is 5.56 Å². The van der Waals surface area contributed by atoms with E-state index in [-0.39, 0.29) is 5.56 Å². The highest BCUT2D eigenvalue weighted by Gasteiger charge is 2.36. The molecular weight excluding hydrogens is 407 g/mol. The van der Waals surface area contributed by atoms with E-state index >= 15 is 0 Å². The predicted octanol–water partition coefficient (Wildman–Crippen LogP) is 7.50. The van der Waals surface area contributed by atoms with Crippen LogP contribution >= 0.6 is 10.3 Å². The van der Waals surface area contributed by atoms with Crippen molar-refractivity contribution in [1.29, 1.82) is 0 Å². The van der Waals surface area contributed by atoms with Gasteiger partial charge in [0.25, 0.3) is 0 Å². The van der Waals surface area contributed by atoms with Crippen LogP contribution < -0.4 is 0 Å². The topological polar surface area (TPSA) is 26.3 Å². The largest absolute Gasteiger partial charge is 0.398 e. The van der Waals surface area contributed by atoms with Gasteiger partial charge in [-0.15, -0.1) is 0 Å². The van der Waals surface area contributed by atoms with E-state index in [9.17, 15) is 9.18 Å². The lowest BCUT2D eigenvalue weighted by molar-refractivity contribution is 0.0756. The molecule has 4 aromatic carbocycles. The van der Waals surface area contributed by atoms with Crippen LogP contribution in [-0.4, -0.2) is 5.97 Å². The maximum atomic E-state index is 14.0. The highest BCUT2D eigenvalue weighted by molar-refractivity contribution is 8.30. The van der Waals surface area contributed by atoms with E-state index in [4.69, 9.17) is 4.18 Å². The van der Waals surface area contributed by atoms with E-state index in [1.54, 1.807) is 13.0 Å². The summed E-state index contributed by atoms with van der Waals surface area (Å²) in [6.45, 7) is 3.80. The summed E-state index contributed by atoms with van der Waals surface area (Å²) in [7, 11) is -2.40. The Labute approximate surface area is 183 Å². The molecule has 31 heavy (non-hydrogen) atoms. The van der Waals surface area contributed by atoms with Gasteiger partial charge in [0, 0.05) is 14.7 Å². The first-order valence-corrected chi connectivity index (χ1v) is 11.6. The fourth-order valence-electron chi connectivity index (χ4n) is 3.48. The van der Waals surface area contributed by atoms with Gasteiger partial charge < -0.3 is 4.18 Å². The minimum atomic E-state index is -2.40. The lowest BCUT2D eigenvalue weighted by Crippen LogP contribution is -2.15. The number of rotatable bonds is 5. The van der Waals surface area contributed by atoms with Crippen molar-refractivity contribution in [2.24, 2.45) is 0 Å². The number of aryl methyl sites for hydroxylation is 2. The first-order valence-electron chi connectivity index (χ1n) is 10.0. The van der Waals surface area contributed by atoms with Crippen molar-refractivity contribution in [2.45, 2.75) is 28.5 Å². The van der Waals surface area contributed by atoms with Crippen LogP contribution in [0, 0.1) is 19.7 Å². The highest BCUT2D eigenvalue weighted by atomic mass is 32.3. The Bertz CT molecular complexity index is 1150. The van der Waals surface area contributed by atoms with Gasteiger partial charge in [-0.25, -0.2) is 9.18 Å². The van der Waals surface area contributed by atoms with Crippen molar-refractivity contribution in [3.63, 3.8) is 0 Å². The summed E-state index contributed by atoms with van der Waals surface area (Å²) in [6.07, 6.45) is 0. The van der Waals surface area contributed by atoms with Gasteiger partial charge in [0.15, 0.2) is 0 Å². The number of halogens is 1. The van der Waals surface area contributed by atoms with Crippen LogP contribution in [0.5, 0.6) is 0 Å². The summed E-state index contributed by atoms with van der Waals surface area (Å²) in [5.74, 6) is -1.01. The second-order valence-electron chi connectivity index (χ2n) is 7.33. The molecule has 156 valence electrons. The molecule has 0 heterocycles. The molecule has 0 fully saturated rings. The van der Waals surface area contributed by atoms with Gasteiger partial charge in [-0.3, -0.25) is 0 Å². The number of hydrogen-bond donors (Lipinski definition) is 0. The molecule has 0 aliphatic rings. The molecule has 0 amide bonds. The van der Waals surface area contributed by atoms with E-state index in [1.807, 2.05) is 91.9 Å². The van der Waals surface area contributed by atoms with Gasteiger partial charge >= 0.3 is 5.97 Å². The first kappa shape index (κ1) is 20.9. The standard InChI is InChI=1S/C27H23FO2S/c1-20-13-17-25(18-14-20)31(23-9-5-3-6-10-23,24-11-7-4-8-12-24)30-27(29)26-19-22(28)16-15-21(26)2/h3-19H,1-2H3. The summed E-state index contributed by atoms with van der Waals surface area (Å²) < 4.78 is 20.4. The molecule has 0 bridgehead atoms. The zero-order valence-electron chi connectivity index (χ0n) is 17.4. The third kappa shape index (κ3) is 4.12. The summed E-state index contributed by atoms with van der Waals surface area (Å²) in [5.41, 5.74) is 2.02. The van der Waals surface area contributed by atoms with Gasteiger partial charge in [-0.2, -0.15) is 0 Å². The van der Waals surface area contributed by atoms with Gasteiger partial charge in [0.1, 0.15) is 5.82 Å². The van der Waals surface area contributed by atoms with Crippen molar-refractivity contribution in [2.75, 3.05) is 0 Å². The van der Waals surface area contributed by atoms with Gasteiger partial charge in [0.2, 0.25) is 0 Å². The lowest BCUT2D eigenvalue weighted by atomic mass is 10.1. The van der Waals surface area contributed by atoms with E-state index in [0.29, 0.717) is 5.56 Å². The Morgan fingerprint density at radius 1 is 0.710 bits per heavy atom. The van der Waals surface area contributed by atoms with Gasteiger partial charge in [-0.05, 0) is 78.3 Å². The number of carbonyl (C=O) groups excluding carboxylic acids is 1. The van der Waals surface area contributed by atoms with Crippen LogP contribution in [0.15, 0.2) is 118 Å². The van der Waals surface area contributed by atoms with Crippen molar-refractivity contribution in [3.8, 4) is 0 Å². The van der Waals surface area contributed by atoms with E-state index < -0.39 is 22.1 Å². The molecule has 0 aliphatic heterocycles. The quantitative estimate of drug-likeness (QED) is 0.328. The van der Waals surface area contributed by atoms with E-state index in [2.05, 4.69) is 0 Å². The zero-order chi connectivity index (χ0) is 21.8. The van der Waals surface area contributed by atoms with Crippen LogP contribution in [0.4, 0.5) is 4.39 Å². The fraction of sp³-hybridized carbons (Fsp3) is 0.0741. The molecule has 0 radical (unpaired) electrons. The first-order chi connectivity index (χ1) is 15.0. The minimum absolute atomic E-state index is 0.232. The second-order valence-corrected chi connectivity index (χ2v) is 10.0. The van der Waals surface area contributed by atoms with Crippen molar-refractivity contribution < 1.29 is 13.4 Å². The van der Waals surface area contributed by atoms with Crippen LogP contribution in [-0.2, 0) is 4.18 Å². The molecule has 0 N–H and O–H groups in total. The lowest BCUT2D eigenvalue weighted by Gasteiger charge is -2.40. The maximum Gasteiger partial charge on any atom is 0.349 e. The molecule has 0 aliphatic carbocycles. The number of benzene rings is 4. The van der Waals surface area contributed by atoms with Crippen molar-refractivity contribution in [1.82, 2.24) is 0 Å². The molecule has 4 heteroatoms. The Balaban J connectivity index is 1.96. The summed E-state index contributed by atoms with van der Waals surface area (Å²) in [4.78, 5) is 16.1. The van der Waals surface area contributed by atoms with E-state index in [0.717, 1.165) is 20.2 Å². The molecule has 0 saturated carbocycles. The maximum absolute atomic E-state index is 14.0. The average molecular weight is 431 g/mol. The molecule has 0 atom stereocenters. The minimum Gasteiger partial charge on any atom is -0.398 e. The monoisotopic (exact) mass is 430 g/mol. The molecule has 0 unspecified atom stereocenters. The van der Waals surface area contributed by atoms with E-state index in [1.165, 1.54) is 12.1 Å². The molecule has 0 spiro atoms. The second kappa shape index (κ2) is 8.78. The van der Waals surface area contributed by atoms with Crippen LogP contribution in [0.2, 0.25) is 0 Å². The molecular formula is C27H23FO2S. The third-order valence-corrected chi connectivity index (χ3v) is 8.33. The molecule has 0 saturated heterocycles. The summed E-state index contributed by atoms with van der Waals surface area (Å²) >= 11 is 0.